The van der Waals surface area contributed by atoms with E-state index < -0.39 is 6.04 Å². The molecular weight excluding hydrogens is 325 g/mol. The van der Waals surface area contributed by atoms with Crippen molar-refractivity contribution < 1.29 is 9.53 Å². The molecule has 0 aliphatic carbocycles. The van der Waals surface area contributed by atoms with Crippen LogP contribution in [0.15, 0.2) is 24.3 Å². The molecule has 7 heteroatoms. The molecule has 1 aromatic carbocycles. The zero-order chi connectivity index (χ0) is 14.5. The maximum absolute atomic E-state index is 12.1. The number of hydrogen-bond donors (Lipinski definition) is 1. The molecule has 0 spiro atoms. The van der Waals surface area contributed by atoms with Gasteiger partial charge in [-0.25, -0.2) is 0 Å². The van der Waals surface area contributed by atoms with Crippen molar-refractivity contribution in [2.24, 2.45) is 5.73 Å². The summed E-state index contributed by atoms with van der Waals surface area (Å²) in [5, 5.41) is 0. The van der Waals surface area contributed by atoms with Gasteiger partial charge in [0.25, 0.3) is 0 Å². The molecule has 1 heterocycles. The fourth-order valence-corrected chi connectivity index (χ4v) is 2.50. The number of amides is 1. The highest BCUT2D eigenvalue weighted by atomic mass is 35.5. The molecule has 1 amide bonds. The fraction of sp³-hybridized carbons (Fsp3) is 0.533. The molecule has 0 saturated carbocycles. The summed E-state index contributed by atoms with van der Waals surface area (Å²) in [4.78, 5) is 16.2. The van der Waals surface area contributed by atoms with E-state index in [4.69, 9.17) is 10.5 Å². The molecule has 0 bridgehead atoms. The molecule has 0 aromatic heterocycles. The van der Waals surface area contributed by atoms with Crippen molar-refractivity contribution in [3.63, 3.8) is 0 Å². The zero-order valence-corrected chi connectivity index (χ0v) is 14.7. The van der Waals surface area contributed by atoms with Gasteiger partial charge >= 0.3 is 0 Å². The van der Waals surface area contributed by atoms with Crippen molar-refractivity contribution in [2.75, 3.05) is 44.8 Å². The largest absolute Gasteiger partial charge is 0.383 e. The molecule has 5 nitrogen and oxygen atoms in total. The molecule has 0 radical (unpaired) electrons. The molecule has 1 aromatic rings. The van der Waals surface area contributed by atoms with E-state index in [1.807, 2.05) is 4.90 Å². The van der Waals surface area contributed by atoms with Gasteiger partial charge in [-0.05, 0) is 24.6 Å². The summed E-state index contributed by atoms with van der Waals surface area (Å²) >= 11 is 0. The summed E-state index contributed by atoms with van der Waals surface area (Å²) < 4.78 is 4.94. The summed E-state index contributed by atoms with van der Waals surface area (Å²) in [6, 6.07) is 7.89. The third-order valence-electron chi connectivity index (χ3n) is 3.62. The summed E-state index contributed by atoms with van der Waals surface area (Å²) in [7, 11) is 1.56. The number of rotatable bonds is 4. The lowest BCUT2D eigenvalue weighted by Gasteiger charge is -2.37. The lowest BCUT2D eigenvalue weighted by atomic mass is 10.2. The highest BCUT2D eigenvalue weighted by Gasteiger charge is 2.25. The Morgan fingerprint density at radius 3 is 2.45 bits per heavy atom. The molecule has 1 unspecified atom stereocenters. The topological polar surface area (TPSA) is 58.8 Å². The number of methoxy groups -OCH3 is 1. The smallest absolute Gasteiger partial charge is 0.241 e. The molecule has 2 N–H and O–H groups in total. The van der Waals surface area contributed by atoms with Gasteiger partial charge in [0, 0.05) is 39.0 Å². The van der Waals surface area contributed by atoms with E-state index in [-0.39, 0.29) is 37.3 Å². The normalized spacial score (nSPS) is 15.6. The van der Waals surface area contributed by atoms with Crippen LogP contribution in [0.1, 0.15) is 5.56 Å². The van der Waals surface area contributed by atoms with Crippen molar-refractivity contribution in [2.45, 2.75) is 13.0 Å². The van der Waals surface area contributed by atoms with E-state index >= 15 is 0 Å². The van der Waals surface area contributed by atoms with Gasteiger partial charge in [0.2, 0.25) is 5.91 Å². The second kappa shape index (κ2) is 9.90. The molecule has 1 atom stereocenters. The Kier molecular flexibility index (Phi) is 9.44. The number of carbonyl (C=O) groups is 1. The maximum Gasteiger partial charge on any atom is 0.241 e. The number of carbonyl (C=O) groups excluding carboxylic acids is 1. The minimum absolute atomic E-state index is 0. The summed E-state index contributed by atoms with van der Waals surface area (Å²) in [5.74, 6) is -0.0178. The summed E-state index contributed by atoms with van der Waals surface area (Å²) in [6.07, 6.45) is 0. The van der Waals surface area contributed by atoms with E-state index in [1.165, 1.54) is 11.3 Å². The van der Waals surface area contributed by atoms with Gasteiger partial charge in [0.15, 0.2) is 0 Å². The van der Waals surface area contributed by atoms with Crippen molar-refractivity contribution in [1.82, 2.24) is 4.90 Å². The van der Waals surface area contributed by atoms with Crippen LogP contribution in [0.25, 0.3) is 0 Å². The number of hydrogen-bond acceptors (Lipinski definition) is 4. The second-order valence-corrected chi connectivity index (χ2v) is 5.21. The van der Waals surface area contributed by atoms with E-state index in [1.54, 1.807) is 7.11 Å². The SMILES string of the molecule is COCC(N)C(=O)N1CCN(c2cccc(C)c2)CC1.Cl.Cl. The lowest BCUT2D eigenvalue weighted by molar-refractivity contribution is -0.134. The molecule has 126 valence electrons. The minimum Gasteiger partial charge on any atom is -0.383 e. The Balaban J connectivity index is 0.00000220. The first kappa shape index (κ1) is 21.0. The Bertz CT molecular complexity index is 466. The highest BCUT2D eigenvalue weighted by molar-refractivity contribution is 5.85. The van der Waals surface area contributed by atoms with Crippen LogP contribution in [-0.4, -0.2) is 56.7 Å². The van der Waals surface area contributed by atoms with Gasteiger partial charge in [-0.3, -0.25) is 4.79 Å². The molecule has 1 aliphatic heterocycles. The molecule has 22 heavy (non-hydrogen) atoms. The number of halogens is 2. The van der Waals surface area contributed by atoms with Gasteiger partial charge < -0.3 is 20.3 Å². The van der Waals surface area contributed by atoms with Crippen LogP contribution >= 0.6 is 24.8 Å². The van der Waals surface area contributed by atoms with E-state index in [2.05, 4.69) is 36.1 Å². The van der Waals surface area contributed by atoms with Crippen LogP contribution < -0.4 is 10.6 Å². The van der Waals surface area contributed by atoms with E-state index in [0.29, 0.717) is 13.1 Å². The number of benzene rings is 1. The summed E-state index contributed by atoms with van der Waals surface area (Å²) in [5.41, 5.74) is 8.27. The third kappa shape index (κ3) is 5.32. The number of nitrogens with two attached hydrogens (primary N) is 1. The fourth-order valence-electron chi connectivity index (χ4n) is 2.50. The quantitative estimate of drug-likeness (QED) is 0.893. The van der Waals surface area contributed by atoms with Crippen LogP contribution in [0.5, 0.6) is 0 Å². The maximum atomic E-state index is 12.1. The van der Waals surface area contributed by atoms with E-state index in [9.17, 15) is 4.79 Å². The van der Waals surface area contributed by atoms with Crippen molar-refractivity contribution in [1.29, 1.82) is 0 Å². The average molecular weight is 350 g/mol. The molecule has 1 fully saturated rings. The second-order valence-electron chi connectivity index (χ2n) is 5.21. The Hall–Kier alpha value is -1.01. The molecule has 1 saturated heterocycles. The number of piperazine rings is 1. The number of aryl methyl sites for hydroxylation is 1. The number of anilines is 1. The van der Waals surface area contributed by atoms with Crippen LogP contribution in [0.4, 0.5) is 5.69 Å². The highest BCUT2D eigenvalue weighted by Crippen LogP contribution is 2.17. The lowest BCUT2D eigenvalue weighted by Crippen LogP contribution is -2.54. The van der Waals surface area contributed by atoms with Crippen molar-refractivity contribution >= 4 is 36.4 Å². The standard InChI is InChI=1S/C15H23N3O2.2ClH/c1-12-4-3-5-13(10-12)17-6-8-18(9-7-17)15(19)14(16)11-20-2;;/h3-5,10,14H,6-9,11,16H2,1-2H3;2*1H. The Morgan fingerprint density at radius 1 is 1.27 bits per heavy atom. The molecule has 2 rings (SSSR count). The minimum atomic E-state index is -0.550. The van der Waals surface area contributed by atoms with Crippen molar-refractivity contribution in [3.8, 4) is 0 Å². The van der Waals surface area contributed by atoms with Gasteiger partial charge in [-0.2, -0.15) is 0 Å². The van der Waals surface area contributed by atoms with Crippen LogP contribution in [-0.2, 0) is 9.53 Å². The Morgan fingerprint density at radius 2 is 1.91 bits per heavy atom. The predicted octanol–water partition coefficient (Wildman–Crippen LogP) is 1.46. The third-order valence-corrected chi connectivity index (χ3v) is 3.62. The number of ether oxygens (including phenoxy) is 1. The molecular formula is C15H25Cl2N3O2. The van der Waals surface area contributed by atoms with Crippen LogP contribution in [0, 0.1) is 6.92 Å². The first-order chi connectivity index (χ1) is 9.61. The van der Waals surface area contributed by atoms with Gasteiger partial charge in [0.05, 0.1) is 6.61 Å². The van der Waals surface area contributed by atoms with Gasteiger partial charge in [-0.15, -0.1) is 24.8 Å². The average Bonchev–Trinajstić information content (AvgIpc) is 2.47. The monoisotopic (exact) mass is 349 g/mol. The van der Waals surface area contributed by atoms with Crippen LogP contribution in [0.2, 0.25) is 0 Å². The first-order valence-corrected chi connectivity index (χ1v) is 6.96. The van der Waals surface area contributed by atoms with Crippen molar-refractivity contribution in [3.05, 3.63) is 29.8 Å². The Labute approximate surface area is 144 Å². The van der Waals surface area contributed by atoms with Gasteiger partial charge in [-0.1, -0.05) is 12.1 Å². The zero-order valence-electron chi connectivity index (χ0n) is 13.0. The number of nitrogens with zero attached hydrogens (tertiary/aromatic N) is 2. The van der Waals surface area contributed by atoms with Gasteiger partial charge in [0.1, 0.15) is 6.04 Å². The van der Waals surface area contributed by atoms with E-state index in [0.717, 1.165) is 13.1 Å². The first-order valence-electron chi connectivity index (χ1n) is 6.96. The van der Waals surface area contributed by atoms with Crippen LogP contribution in [0.3, 0.4) is 0 Å². The predicted molar refractivity (Wildman–Crippen MR) is 94.3 cm³/mol. The summed E-state index contributed by atoms with van der Waals surface area (Å²) in [6.45, 7) is 5.47. The molecule has 1 aliphatic rings.